The molecule has 2 aromatic rings. The van der Waals surface area contributed by atoms with Crippen molar-refractivity contribution in [3.63, 3.8) is 0 Å². The van der Waals surface area contributed by atoms with Crippen molar-refractivity contribution < 1.29 is 13.2 Å². The van der Waals surface area contributed by atoms with Crippen LogP contribution >= 0.6 is 0 Å². The maximum absolute atomic E-state index is 12.2. The Kier molecular flexibility index (Phi) is 7.41. The number of sulfonamides is 1. The van der Waals surface area contributed by atoms with Gasteiger partial charge in [-0.05, 0) is 43.9 Å². The number of aromatic nitrogens is 2. The number of imidazole rings is 1. The molecule has 0 aliphatic heterocycles. The molecule has 0 fully saturated rings. The van der Waals surface area contributed by atoms with E-state index in [9.17, 15) is 13.2 Å². The number of nitrogens with zero attached hydrogens (tertiary/aromatic N) is 3. The molecule has 2 rings (SSSR count). The van der Waals surface area contributed by atoms with Gasteiger partial charge in [0, 0.05) is 38.4 Å². The number of anilines is 1. The third kappa shape index (κ3) is 6.39. The van der Waals surface area contributed by atoms with E-state index in [0.717, 1.165) is 24.1 Å². The Morgan fingerprint density at radius 3 is 2.70 bits per heavy atom. The van der Waals surface area contributed by atoms with Gasteiger partial charge in [0.05, 0.1) is 18.3 Å². The number of benzene rings is 1. The fourth-order valence-electron chi connectivity index (χ4n) is 2.85. The first-order chi connectivity index (χ1) is 12.8. The molecule has 27 heavy (non-hydrogen) atoms. The average molecular weight is 393 g/mol. The van der Waals surface area contributed by atoms with E-state index >= 15 is 0 Å². The molecule has 1 aromatic heterocycles. The van der Waals surface area contributed by atoms with Crippen LogP contribution in [0.4, 0.5) is 5.69 Å². The molecule has 0 aliphatic carbocycles. The predicted molar refractivity (Wildman–Crippen MR) is 107 cm³/mol. The summed E-state index contributed by atoms with van der Waals surface area (Å²) in [6.07, 6.45) is 8.13. The van der Waals surface area contributed by atoms with Crippen LogP contribution in [0.3, 0.4) is 0 Å². The Labute approximate surface area is 161 Å². The molecule has 0 saturated heterocycles. The van der Waals surface area contributed by atoms with Gasteiger partial charge in [0.2, 0.25) is 15.9 Å². The van der Waals surface area contributed by atoms with E-state index in [1.165, 1.54) is 10.6 Å². The summed E-state index contributed by atoms with van der Waals surface area (Å²) in [6.45, 7) is 5.54. The van der Waals surface area contributed by atoms with Gasteiger partial charge >= 0.3 is 0 Å². The summed E-state index contributed by atoms with van der Waals surface area (Å²) in [5.74, 6) is -0.0601. The summed E-state index contributed by atoms with van der Waals surface area (Å²) in [7, 11) is -3.41. The van der Waals surface area contributed by atoms with E-state index < -0.39 is 10.0 Å². The summed E-state index contributed by atoms with van der Waals surface area (Å²) >= 11 is 0. The Hall–Kier alpha value is -2.35. The van der Waals surface area contributed by atoms with Crippen molar-refractivity contribution >= 4 is 21.6 Å². The zero-order valence-electron chi connectivity index (χ0n) is 16.2. The molecule has 1 heterocycles. The van der Waals surface area contributed by atoms with Crippen LogP contribution in [0.1, 0.15) is 30.4 Å². The smallest absolute Gasteiger partial charge is 0.232 e. The van der Waals surface area contributed by atoms with E-state index in [1.54, 1.807) is 18.6 Å². The predicted octanol–water partition coefficient (Wildman–Crippen LogP) is 2.25. The second-order valence-electron chi connectivity index (χ2n) is 6.66. The minimum atomic E-state index is -3.41. The van der Waals surface area contributed by atoms with Crippen LogP contribution in [0.15, 0.2) is 36.9 Å². The number of hydrogen-bond acceptors (Lipinski definition) is 4. The largest absolute Gasteiger partial charge is 0.356 e. The van der Waals surface area contributed by atoms with Crippen molar-refractivity contribution in [2.45, 2.75) is 39.7 Å². The lowest BCUT2D eigenvalue weighted by Gasteiger charge is -2.24. The molecule has 0 spiro atoms. The monoisotopic (exact) mass is 392 g/mol. The zero-order valence-corrected chi connectivity index (χ0v) is 17.0. The summed E-state index contributed by atoms with van der Waals surface area (Å²) < 4.78 is 27.8. The molecule has 0 aliphatic rings. The van der Waals surface area contributed by atoms with Gasteiger partial charge in [0.1, 0.15) is 0 Å². The molecule has 1 amide bonds. The number of amides is 1. The topological polar surface area (TPSA) is 84.3 Å². The molecular formula is C19H28N4O3S. The summed E-state index contributed by atoms with van der Waals surface area (Å²) in [6, 6.07) is 5.61. The highest BCUT2D eigenvalue weighted by molar-refractivity contribution is 7.92. The highest BCUT2D eigenvalue weighted by Gasteiger charge is 2.19. The first-order valence-corrected chi connectivity index (χ1v) is 10.9. The number of carbonyl (C=O) groups excluding carboxylic acids is 1. The first-order valence-electron chi connectivity index (χ1n) is 9.05. The molecule has 1 N–H and O–H groups in total. The van der Waals surface area contributed by atoms with Crippen LogP contribution in [0.2, 0.25) is 0 Å². The molecule has 0 bridgehead atoms. The number of hydrogen-bond donors (Lipinski definition) is 1. The minimum Gasteiger partial charge on any atom is -0.356 e. The van der Waals surface area contributed by atoms with Gasteiger partial charge in [-0.2, -0.15) is 0 Å². The lowest BCUT2D eigenvalue weighted by Crippen LogP contribution is -2.33. The molecule has 0 unspecified atom stereocenters. The Balaban J connectivity index is 1.81. The minimum absolute atomic E-state index is 0.0601. The molecular weight excluding hydrogens is 364 g/mol. The van der Waals surface area contributed by atoms with Gasteiger partial charge in [0.15, 0.2) is 0 Å². The quantitative estimate of drug-likeness (QED) is 0.629. The molecule has 148 valence electrons. The van der Waals surface area contributed by atoms with Crippen LogP contribution in [-0.2, 0) is 21.4 Å². The highest BCUT2D eigenvalue weighted by atomic mass is 32.2. The number of aryl methyl sites for hydroxylation is 2. The van der Waals surface area contributed by atoms with Crippen molar-refractivity contribution in [3.05, 3.63) is 48.0 Å². The van der Waals surface area contributed by atoms with E-state index in [2.05, 4.69) is 10.3 Å². The van der Waals surface area contributed by atoms with Gasteiger partial charge in [-0.25, -0.2) is 13.4 Å². The van der Waals surface area contributed by atoms with Gasteiger partial charge in [-0.15, -0.1) is 0 Å². The van der Waals surface area contributed by atoms with Crippen molar-refractivity contribution in [2.75, 3.05) is 23.7 Å². The van der Waals surface area contributed by atoms with E-state index in [1.807, 2.05) is 36.7 Å². The van der Waals surface area contributed by atoms with Crippen LogP contribution < -0.4 is 9.62 Å². The standard InChI is InChI=1S/C19H28N4O3S/c1-16-7-4-8-18(17(16)2)23(27(3,25)26)13-5-9-19(24)21-10-6-12-22-14-11-20-15-22/h4,7-8,11,14-15H,5-6,9-10,12-13H2,1-3H3,(H,21,24). The molecule has 0 radical (unpaired) electrons. The number of nitrogens with one attached hydrogen (secondary N) is 1. The highest BCUT2D eigenvalue weighted by Crippen LogP contribution is 2.25. The maximum atomic E-state index is 12.2. The lowest BCUT2D eigenvalue weighted by atomic mass is 10.1. The Bertz CT molecular complexity index is 848. The molecule has 8 heteroatoms. The third-order valence-corrected chi connectivity index (χ3v) is 5.66. The second kappa shape index (κ2) is 9.55. The fraction of sp³-hybridized carbons (Fsp3) is 0.474. The summed E-state index contributed by atoms with van der Waals surface area (Å²) in [4.78, 5) is 16.0. The number of carbonyl (C=O) groups is 1. The van der Waals surface area contributed by atoms with Gasteiger partial charge in [-0.3, -0.25) is 9.10 Å². The Morgan fingerprint density at radius 1 is 1.26 bits per heavy atom. The van der Waals surface area contributed by atoms with Gasteiger partial charge in [0.25, 0.3) is 0 Å². The van der Waals surface area contributed by atoms with E-state index in [4.69, 9.17) is 0 Å². The van der Waals surface area contributed by atoms with Crippen LogP contribution in [0.5, 0.6) is 0 Å². The van der Waals surface area contributed by atoms with Crippen LogP contribution in [-0.4, -0.2) is 43.2 Å². The normalized spacial score (nSPS) is 11.4. The summed E-state index contributed by atoms with van der Waals surface area (Å²) in [5.41, 5.74) is 2.65. The van der Waals surface area contributed by atoms with Crippen molar-refractivity contribution in [1.82, 2.24) is 14.9 Å². The summed E-state index contributed by atoms with van der Waals surface area (Å²) in [5, 5.41) is 2.88. The molecule has 7 nitrogen and oxygen atoms in total. The first kappa shape index (κ1) is 21.0. The molecule has 1 aromatic carbocycles. The van der Waals surface area contributed by atoms with E-state index in [0.29, 0.717) is 25.1 Å². The lowest BCUT2D eigenvalue weighted by molar-refractivity contribution is -0.121. The molecule has 0 saturated carbocycles. The second-order valence-corrected chi connectivity index (χ2v) is 8.57. The number of rotatable bonds is 10. The van der Waals surface area contributed by atoms with Crippen molar-refractivity contribution in [2.24, 2.45) is 0 Å². The van der Waals surface area contributed by atoms with Crippen molar-refractivity contribution in [3.8, 4) is 0 Å². The molecule has 0 atom stereocenters. The van der Waals surface area contributed by atoms with E-state index in [-0.39, 0.29) is 12.5 Å². The van der Waals surface area contributed by atoms with Crippen LogP contribution in [0.25, 0.3) is 0 Å². The van der Waals surface area contributed by atoms with Crippen LogP contribution in [0, 0.1) is 13.8 Å². The van der Waals surface area contributed by atoms with Gasteiger partial charge in [-0.1, -0.05) is 12.1 Å². The Morgan fingerprint density at radius 2 is 2.04 bits per heavy atom. The average Bonchev–Trinajstić information content (AvgIpc) is 3.11. The zero-order chi connectivity index (χ0) is 19.9. The third-order valence-electron chi connectivity index (χ3n) is 4.48. The van der Waals surface area contributed by atoms with Gasteiger partial charge < -0.3 is 9.88 Å². The maximum Gasteiger partial charge on any atom is 0.232 e. The fourth-order valence-corrected chi connectivity index (χ4v) is 3.87. The SMILES string of the molecule is Cc1cccc(N(CCCC(=O)NCCCn2ccnc2)S(C)(=O)=O)c1C. The van der Waals surface area contributed by atoms with Crippen molar-refractivity contribution in [1.29, 1.82) is 0 Å².